The van der Waals surface area contributed by atoms with Crippen LogP contribution in [0.2, 0.25) is 0 Å². The van der Waals surface area contributed by atoms with Crippen molar-refractivity contribution in [3.05, 3.63) is 65.2 Å². The third kappa shape index (κ3) is 4.97. The summed E-state index contributed by atoms with van der Waals surface area (Å²) in [5.41, 5.74) is 8.80. The van der Waals surface area contributed by atoms with Gasteiger partial charge in [0.15, 0.2) is 0 Å². The van der Waals surface area contributed by atoms with Crippen molar-refractivity contribution < 1.29 is 4.79 Å². The minimum atomic E-state index is -0.296. The van der Waals surface area contributed by atoms with Gasteiger partial charge in [-0.1, -0.05) is 26.0 Å². The van der Waals surface area contributed by atoms with Crippen molar-refractivity contribution in [1.82, 2.24) is 0 Å². The summed E-state index contributed by atoms with van der Waals surface area (Å²) in [6.07, 6.45) is 3.82. The first-order valence-electron chi connectivity index (χ1n) is 8.96. The van der Waals surface area contributed by atoms with E-state index < -0.39 is 0 Å². The monoisotopic (exact) mass is 347 g/mol. The van der Waals surface area contributed by atoms with E-state index in [0.717, 1.165) is 37.2 Å². The summed E-state index contributed by atoms with van der Waals surface area (Å²) >= 11 is 0. The molecule has 4 nitrogen and oxygen atoms in total. The number of nitrogens with two attached hydrogens (primary N) is 1. The van der Waals surface area contributed by atoms with Gasteiger partial charge in [-0.15, -0.1) is 0 Å². The van der Waals surface area contributed by atoms with Gasteiger partial charge in [0.05, 0.1) is 0 Å². The van der Waals surface area contributed by atoms with Crippen molar-refractivity contribution in [3.63, 3.8) is 0 Å². The summed E-state index contributed by atoms with van der Waals surface area (Å²) in [5, 5.41) is 9.38. The molecule has 0 aromatic heterocycles. The summed E-state index contributed by atoms with van der Waals surface area (Å²) in [4.78, 5) is 14.8. The Kier molecular flexibility index (Phi) is 6.99. The molecule has 0 unspecified atom stereocenters. The number of nitrogens with zero attached hydrogens (tertiary/aromatic N) is 2. The minimum absolute atomic E-state index is 0.112. The molecule has 0 bridgehead atoms. The highest BCUT2D eigenvalue weighted by Gasteiger charge is 2.12. The van der Waals surface area contributed by atoms with Crippen LogP contribution in [-0.2, 0) is 0 Å². The Morgan fingerprint density at radius 2 is 1.62 bits per heavy atom. The maximum Gasteiger partial charge on any atom is 0.203 e. The molecule has 0 saturated carbocycles. The van der Waals surface area contributed by atoms with Gasteiger partial charge in [-0.2, -0.15) is 5.26 Å². The van der Waals surface area contributed by atoms with Crippen molar-refractivity contribution in [1.29, 1.82) is 5.26 Å². The van der Waals surface area contributed by atoms with Gasteiger partial charge >= 0.3 is 0 Å². The molecule has 0 saturated heterocycles. The second-order valence-corrected chi connectivity index (χ2v) is 6.20. The molecule has 2 N–H and O–H groups in total. The highest BCUT2D eigenvalue weighted by molar-refractivity contribution is 6.14. The van der Waals surface area contributed by atoms with Crippen LogP contribution in [0.25, 0.3) is 6.08 Å². The molecule has 0 aliphatic rings. The van der Waals surface area contributed by atoms with Crippen molar-refractivity contribution in [2.75, 3.05) is 23.7 Å². The lowest BCUT2D eigenvalue weighted by Gasteiger charge is -2.23. The van der Waals surface area contributed by atoms with Gasteiger partial charge in [-0.25, -0.2) is 0 Å². The Hall–Kier alpha value is -3.06. The average molecular weight is 347 g/mol. The number of benzene rings is 2. The largest absolute Gasteiger partial charge is 0.399 e. The highest BCUT2D eigenvalue weighted by atomic mass is 16.1. The summed E-state index contributed by atoms with van der Waals surface area (Å²) < 4.78 is 0. The number of carbonyl (C=O) groups excluding carboxylic acids is 1. The van der Waals surface area contributed by atoms with Crippen LogP contribution in [0.5, 0.6) is 0 Å². The van der Waals surface area contributed by atoms with E-state index in [2.05, 4.69) is 18.7 Å². The molecule has 0 spiro atoms. The average Bonchev–Trinajstić information content (AvgIpc) is 2.66. The fraction of sp³-hybridized carbons (Fsp3) is 0.273. The number of carbonyl (C=O) groups is 1. The van der Waals surface area contributed by atoms with Crippen LogP contribution in [0.3, 0.4) is 0 Å². The van der Waals surface area contributed by atoms with Crippen LogP contribution >= 0.6 is 0 Å². The van der Waals surface area contributed by atoms with E-state index in [4.69, 9.17) is 5.73 Å². The van der Waals surface area contributed by atoms with Crippen LogP contribution in [0.4, 0.5) is 11.4 Å². The molecular weight excluding hydrogens is 322 g/mol. The van der Waals surface area contributed by atoms with E-state index in [9.17, 15) is 10.1 Å². The van der Waals surface area contributed by atoms with Gasteiger partial charge < -0.3 is 10.6 Å². The molecule has 0 atom stereocenters. The lowest BCUT2D eigenvalue weighted by atomic mass is 10.0. The molecule has 0 amide bonds. The third-order valence-corrected chi connectivity index (χ3v) is 4.09. The molecule has 0 fully saturated rings. The molecule has 4 heteroatoms. The zero-order valence-electron chi connectivity index (χ0n) is 15.4. The van der Waals surface area contributed by atoms with E-state index >= 15 is 0 Å². The van der Waals surface area contributed by atoms with Crippen LogP contribution in [0, 0.1) is 11.3 Å². The normalized spacial score (nSPS) is 11.0. The number of nitrogen functional groups attached to an aromatic ring is 1. The fourth-order valence-electron chi connectivity index (χ4n) is 2.80. The van der Waals surface area contributed by atoms with Crippen molar-refractivity contribution in [3.8, 4) is 6.07 Å². The zero-order chi connectivity index (χ0) is 18.9. The lowest BCUT2D eigenvalue weighted by Crippen LogP contribution is -2.24. The van der Waals surface area contributed by atoms with E-state index in [1.807, 2.05) is 30.3 Å². The second kappa shape index (κ2) is 9.43. The van der Waals surface area contributed by atoms with Crippen molar-refractivity contribution in [2.24, 2.45) is 0 Å². The Morgan fingerprint density at radius 1 is 1.04 bits per heavy atom. The van der Waals surface area contributed by atoms with E-state index in [-0.39, 0.29) is 11.4 Å². The Labute approximate surface area is 155 Å². The predicted octanol–water partition coefficient (Wildman–Crippen LogP) is 4.69. The molecular formula is C22H25N3O. The van der Waals surface area contributed by atoms with Crippen LogP contribution in [0.15, 0.2) is 54.1 Å². The number of allylic oxidation sites excluding steroid dienone is 1. The predicted molar refractivity (Wildman–Crippen MR) is 108 cm³/mol. The molecule has 2 aromatic rings. The van der Waals surface area contributed by atoms with Crippen LogP contribution < -0.4 is 10.6 Å². The number of ketones is 1. The maximum atomic E-state index is 12.5. The summed E-state index contributed by atoms with van der Waals surface area (Å²) in [6.45, 7) is 6.37. The molecule has 2 aromatic carbocycles. The molecule has 0 aliphatic heterocycles. The molecule has 0 heterocycles. The smallest absolute Gasteiger partial charge is 0.203 e. The van der Waals surface area contributed by atoms with E-state index in [0.29, 0.717) is 11.3 Å². The number of hydrogen-bond acceptors (Lipinski definition) is 4. The summed E-state index contributed by atoms with van der Waals surface area (Å²) in [5.74, 6) is -0.296. The summed E-state index contributed by atoms with van der Waals surface area (Å²) in [6, 6.07) is 16.6. The van der Waals surface area contributed by atoms with E-state index in [1.165, 1.54) is 0 Å². The van der Waals surface area contributed by atoms with Crippen molar-refractivity contribution in [2.45, 2.75) is 26.7 Å². The minimum Gasteiger partial charge on any atom is -0.399 e. The Bertz CT molecular complexity index is 793. The van der Waals surface area contributed by atoms with Gasteiger partial charge in [0, 0.05) is 30.0 Å². The molecule has 0 radical (unpaired) electrons. The third-order valence-electron chi connectivity index (χ3n) is 4.09. The number of nitriles is 1. The maximum absolute atomic E-state index is 12.5. The fourth-order valence-corrected chi connectivity index (χ4v) is 2.80. The number of hydrogen-bond donors (Lipinski definition) is 1. The van der Waals surface area contributed by atoms with Crippen molar-refractivity contribution >= 4 is 23.2 Å². The van der Waals surface area contributed by atoms with Crippen LogP contribution in [0.1, 0.15) is 42.6 Å². The number of rotatable bonds is 8. The summed E-state index contributed by atoms with van der Waals surface area (Å²) in [7, 11) is 0. The molecule has 0 aliphatic carbocycles. The Morgan fingerprint density at radius 3 is 2.12 bits per heavy atom. The first-order chi connectivity index (χ1) is 12.6. The van der Waals surface area contributed by atoms with Gasteiger partial charge in [0.1, 0.15) is 11.6 Å². The number of anilines is 2. The lowest BCUT2D eigenvalue weighted by molar-refractivity contribution is 0.104. The van der Waals surface area contributed by atoms with Gasteiger partial charge in [-0.3, -0.25) is 4.79 Å². The Balaban J connectivity index is 2.22. The highest BCUT2D eigenvalue weighted by Crippen LogP contribution is 2.19. The molecule has 2 rings (SSSR count). The quantitative estimate of drug-likeness (QED) is 0.326. The van der Waals surface area contributed by atoms with Gasteiger partial charge in [0.25, 0.3) is 0 Å². The zero-order valence-corrected chi connectivity index (χ0v) is 15.4. The molecule has 134 valence electrons. The first-order valence-corrected chi connectivity index (χ1v) is 8.96. The van der Waals surface area contributed by atoms with Gasteiger partial charge in [-0.05, 0) is 60.9 Å². The number of Topliss-reactive ketones (excluding diaryl/α,β-unsaturated/α-hetero) is 1. The topological polar surface area (TPSA) is 70.1 Å². The standard InChI is InChI=1S/C22H25N3O/c1-3-13-25(14-4-2)21-11-5-17(6-12-21)15-19(16-23)22(26)18-7-9-20(24)10-8-18/h5-12,15H,3-4,13-14,24H2,1-2H3. The van der Waals surface area contributed by atoms with Gasteiger partial charge in [0.2, 0.25) is 5.78 Å². The van der Waals surface area contributed by atoms with E-state index in [1.54, 1.807) is 30.3 Å². The SMILES string of the molecule is CCCN(CCC)c1ccc(C=C(C#N)C(=O)c2ccc(N)cc2)cc1. The first kappa shape index (κ1) is 19.3. The van der Waals surface area contributed by atoms with Crippen LogP contribution in [-0.4, -0.2) is 18.9 Å². The molecule has 26 heavy (non-hydrogen) atoms. The second-order valence-electron chi connectivity index (χ2n) is 6.20.